The van der Waals surface area contributed by atoms with Crippen molar-refractivity contribution in [1.29, 1.82) is 0 Å². The third-order valence-corrected chi connectivity index (χ3v) is 9.32. The van der Waals surface area contributed by atoms with Crippen LogP contribution in [0.4, 0.5) is 11.4 Å². The molecule has 2 aliphatic heterocycles. The molecule has 0 aliphatic carbocycles. The van der Waals surface area contributed by atoms with Crippen LogP contribution in [0.15, 0.2) is 59.1 Å². The van der Waals surface area contributed by atoms with Crippen LogP contribution in [-0.2, 0) is 28.7 Å². The van der Waals surface area contributed by atoms with Gasteiger partial charge in [-0.15, -0.1) is 0 Å². The number of benzene rings is 2. The topological polar surface area (TPSA) is 143 Å². The van der Waals surface area contributed by atoms with Crippen molar-refractivity contribution in [3.8, 4) is 22.8 Å². The molecule has 4 atom stereocenters. The smallest absolute Gasteiger partial charge is 0.247 e. The van der Waals surface area contributed by atoms with Crippen molar-refractivity contribution < 1.29 is 33.1 Å². The molecule has 3 heterocycles. The number of rotatable bonds is 8. The number of nitrogens with zero attached hydrogens (tertiary/aromatic N) is 3. The van der Waals surface area contributed by atoms with Crippen molar-refractivity contribution in [2.45, 2.75) is 131 Å². The molecule has 0 radical (unpaired) electrons. The zero-order chi connectivity index (χ0) is 40.7. The van der Waals surface area contributed by atoms with E-state index in [9.17, 15) is 19.2 Å². The summed E-state index contributed by atoms with van der Waals surface area (Å²) in [6.07, 6.45) is 1.99. The minimum Gasteiger partial charge on any atom is -0.436 e. The van der Waals surface area contributed by atoms with Crippen LogP contribution in [0.5, 0.6) is 0 Å². The van der Waals surface area contributed by atoms with E-state index in [0.29, 0.717) is 49.0 Å². The van der Waals surface area contributed by atoms with Gasteiger partial charge in [-0.3, -0.25) is 19.2 Å². The molecular weight excluding hydrogens is 699 g/mol. The number of hydrogen-bond acceptors (Lipinski definition) is 8. The summed E-state index contributed by atoms with van der Waals surface area (Å²) in [4.78, 5) is 61.4. The largest absolute Gasteiger partial charge is 0.436 e. The summed E-state index contributed by atoms with van der Waals surface area (Å²) in [5.41, 5.74) is 0.595. The Morgan fingerprint density at radius 3 is 1.36 bits per heavy atom. The van der Waals surface area contributed by atoms with Gasteiger partial charge in [-0.2, -0.15) is 0 Å². The van der Waals surface area contributed by atoms with Crippen LogP contribution >= 0.6 is 0 Å². The maximum Gasteiger partial charge on any atom is 0.247 e. The molecule has 1 aromatic heterocycles. The van der Waals surface area contributed by atoms with Crippen LogP contribution < -0.4 is 10.6 Å². The van der Waals surface area contributed by atoms with E-state index in [1.807, 2.05) is 107 Å². The maximum atomic E-state index is 13.5. The Balaban J connectivity index is 1.22. The number of carbonyl (C=O) groups is 4. The Hall–Kier alpha value is -4.55. The number of oxazole rings is 1. The summed E-state index contributed by atoms with van der Waals surface area (Å²) in [6, 6.07) is 13.1. The minimum absolute atomic E-state index is 0.0893. The van der Waals surface area contributed by atoms with Gasteiger partial charge < -0.3 is 34.3 Å². The summed E-state index contributed by atoms with van der Waals surface area (Å²) in [5.74, 6) is 0.246. The van der Waals surface area contributed by atoms with Crippen LogP contribution in [0.25, 0.3) is 22.8 Å². The highest BCUT2D eigenvalue weighted by Gasteiger charge is 2.45. The highest BCUT2D eigenvalue weighted by Crippen LogP contribution is 2.33. The standard InChI is InChI=1S/C43H59N5O7/c1-40(2,3)38(51)47-24-30(54-42(7,8)9)21-32(47)35(49)45-28-17-13-26(14-18-28)34-23-44-37(53-34)27-15-19-29(20-16-27)46-36(50)33-22-31(55-43(10,11)12)25-48(33)39(52)41(4,5)6/h13-20,23,30-33H,21-22,24-25H2,1-12H3,(H,45,49)(H,46,50)/t30-,31-,32+,33+/m1/s1. The van der Waals surface area contributed by atoms with Gasteiger partial charge in [-0.25, -0.2) is 4.98 Å². The van der Waals surface area contributed by atoms with Crippen molar-refractivity contribution in [3.05, 3.63) is 54.7 Å². The average molecular weight is 758 g/mol. The van der Waals surface area contributed by atoms with Gasteiger partial charge >= 0.3 is 0 Å². The zero-order valence-corrected chi connectivity index (χ0v) is 34.5. The van der Waals surface area contributed by atoms with Gasteiger partial charge in [0.25, 0.3) is 0 Å². The first-order valence-electron chi connectivity index (χ1n) is 19.1. The average Bonchev–Trinajstić information content (AvgIpc) is 3.81. The van der Waals surface area contributed by atoms with Gasteiger partial charge in [-0.05, 0) is 90.1 Å². The molecule has 2 N–H and O–H groups in total. The molecule has 4 amide bonds. The van der Waals surface area contributed by atoms with Gasteiger partial charge in [0.2, 0.25) is 29.5 Å². The molecule has 2 saturated heterocycles. The quantitative estimate of drug-likeness (QED) is 0.240. The lowest BCUT2D eigenvalue weighted by Gasteiger charge is -2.30. The van der Waals surface area contributed by atoms with Crippen molar-refractivity contribution in [2.75, 3.05) is 23.7 Å². The fraction of sp³-hybridized carbons (Fsp3) is 0.558. The number of hydrogen-bond donors (Lipinski definition) is 2. The Morgan fingerprint density at radius 1 is 0.618 bits per heavy atom. The Bertz CT molecular complexity index is 1720. The molecule has 12 nitrogen and oxygen atoms in total. The third kappa shape index (κ3) is 10.6. The van der Waals surface area contributed by atoms with Crippen molar-refractivity contribution in [1.82, 2.24) is 14.8 Å². The lowest BCUT2D eigenvalue weighted by atomic mass is 9.94. The second-order valence-electron chi connectivity index (χ2n) is 18.8. The second kappa shape index (κ2) is 15.5. The fourth-order valence-corrected chi connectivity index (χ4v) is 6.98. The number of likely N-dealkylation sites (tertiary alicyclic amines) is 2. The van der Waals surface area contributed by atoms with E-state index in [1.165, 1.54) is 0 Å². The van der Waals surface area contributed by atoms with E-state index in [4.69, 9.17) is 13.9 Å². The van der Waals surface area contributed by atoms with Crippen LogP contribution in [0.3, 0.4) is 0 Å². The van der Waals surface area contributed by atoms with E-state index in [1.54, 1.807) is 40.3 Å². The van der Waals surface area contributed by atoms with E-state index in [-0.39, 0.29) is 35.8 Å². The molecule has 2 aliphatic rings. The number of carbonyl (C=O) groups excluding carboxylic acids is 4. The predicted molar refractivity (Wildman–Crippen MR) is 213 cm³/mol. The summed E-state index contributed by atoms with van der Waals surface area (Å²) in [7, 11) is 0. The molecule has 55 heavy (non-hydrogen) atoms. The number of anilines is 2. The number of nitrogens with one attached hydrogen (secondary N) is 2. The highest BCUT2D eigenvalue weighted by atomic mass is 16.5. The molecule has 0 unspecified atom stereocenters. The molecule has 5 rings (SSSR count). The lowest BCUT2D eigenvalue weighted by Crippen LogP contribution is -2.47. The van der Waals surface area contributed by atoms with Crippen LogP contribution in [-0.4, -0.2) is 87.0 Å². The number of aromatic nitrogens is 1. The molecule has 2 fully saturated rings. The Kier molecular flexibility index (Phi) is 11.8. The van der Waals surface area contributed by atoms with Gasteiger partial charge in [0, 0.05) is 59.3 Å². The predicted octanol–water partition coefficient (Wildman–Crippen LogP) is 7.55. The van der Waals surface area contributed by atoms with Gasteiger partial charge in [0.05, 0.1) is 29.6 Å². The number of amides is 4. The summed E-state index contributed by atoms with van der Waals surface area (Å²) < 4.78 is 18.5. The maximum absolute atomic E-state index is 13.5. The molecular formula is C43H59N5O7. The summed E-state index contributed by atoms with van der Waals surface area (Å²) >= 11 is 0. The first-order valence-corrected chi connectivity index (χ1v) is 19.1. The van der Waals surface area contributed by atoms with Gasteiger partial charge in [-0.1, -0.05) is 41.5 Å². The van der Waals surface area contributed by atoms with Gasteiger partial charge in [0.1, 0.15) is 12.1 Å². The SMILES string of the molecule is CC(C)(C)O[C@@H]1C[C@@H](C(=O)Nc2ccc(-c3cnc(-c4ccc(NC(=O)[C@@H]5C[C@@H](OC(C)(C)C)CN5C(=O)C(C)(C)C)cc4)o3)cc2)N(C(=O)C(C)(C)C)C1. The summed E-state index contributed by atoms with van der Waals surface area (Å²) in [5, 5.41) is 5.97. The first kappa shape index (κ1) is 41.6. The zero-order valence-electron chi connectivity index (χ0n) is 34.5. The molecule has 2 aromatic carbocycles. The van der Waals surface area contributed by atoms with Crippen molar-refractivity contribution in [2.24, 2.45) is 10.8 Å². The molecule has 0 saturated carbocycles. The van der Waals surface area contributed by atoms with Gasteiger partial charge in [0.15, 0.2) is 5.76 Å². The number of ether oxygens (including phenoxy) is 2. The first-order chi connectivity index (χ1) is 25.4. The second-order valence-corrected chi connectivity index (χ2v) is 18.8. The minimum atomic E-state index is -0.650. The van der Waals surface area contributed by atoms with Crippen molar-refractivity contribution in [3.63, 3.8) is 0 Å². The van der Waals surface area contributed by atoms with Crippen LogP contribution in [0.2, 0.25) is 0 Å². The Labute approximate surface area is 325 Å². The third-order valence-electron chi connectivity index (χ3n) is 9.32. The molecule has 3 aromatic rings. The van der Waals surface area contributed by atoms with E-state index >= 15 is 0 Å². The highest BCUT2D eigenvalue weighted by molar-refractivity contribution is 5.99. The fourth-order valence-electron chi connectivity index (χ4n) is 6.98. The molecule has 0 spiro atoms. The van der Waals surface area contributed by atoms with Crippen molar-refractivity contribution >= 4 is 35.0 Å². The monoisotopic (exact) mass is 757 g/mol. The van der Waals surface area contributed by atoms with Crippen LogP contribution in [0, 0.1) is 10.8 Å². The molecule has 12 heteroatoms. The normalized spacial score (nSPS) is 20.8. The van der Waals surface area contributed by atoms with E-state index in [2.05, 4.69) is 15.6 Å². The molecule has 0 bridgehead atoms. The Morgan fingerprint density at radius 2 is 1.00 bits per heavy atom. The van der Waals surface area contributed by atoms with E-state index < -0.39 is 34.1 Å². The van der Waals surface area contributed by atoms with E-state index in [0.717, 1.165) is 11.1 Å². The molecule has 298 valence electrons. The summed E-state index contributed by atoms with van der Waals surface area (Å²) in [6.45, 7) is 23.7. The van der Waals surface area contributed by atoms with Crippen LogP contribution in [0.1, 0.15) is 95.9 Å². The lowest BCUT2D eigenvalue weighted by molar-refractivity contribution is -0.144.